The van der Waals surface area contributed by atoms with Crippen molar-refractivity contribution in [2.45, 2.75) is 25.5 Å². The standard InChI is InChI=1S/C26H27N5O2/c1-18-15-30(17-27-18)23-11-10-19(14-24(23)32-3)13-20-7-6-12-31-25(20)28-33-26(31)16-29(2)22-9-5-4-8-21(22)26/h4-5,8-11,13-15,17H,6-7,12,16H2,1-3H3. The first kappa shape index (κ1) is 19.9. The molecule has 0 aliphatic carbocycles. The van der Waals surface area contributed by atoms with Gasteiger partial charge in [0, 0.05) is 31.0 Å². The van der Waals surface area contributed by atoms with Crippen LogP contribution in [0.2, 0.25) is 0 Å². The van der Waals surface area contributed by atoms with Crippen LogP contribution >= 0.6 is 0 Å². The van der Waals surface area contributed by atoms with E-state index in [-0.39, 0.29) is 0 Å². The number of benzene rings is 2. The number of nitrogens with zero attached hydrogens (tertiary/aromatic N) is 5. The average molecular weight is 442 g/mol. The van der Waals surface area contributed by atoms with E-state index in [0.29, 0.717) is 0 Å². The highest BCUT2D eigenvalue weighted by molar-refractivity contribution is 6.03. The van der Waals surface area contributed by atoms with Gasteiger partial charge in [0.05, 0.1) is 31.4 Å². The zero-order chi connectivity index (χ0) is 22.6. The van der Waals surface area contributed by atoms with E-state index in [9.17, 15) is 0 Å². The normalized spacial score (nSPS) is 22.4. The summed E-state index contributed by atoms with van der Waals surface area (Å²) in [5.74, 6) is 1.75. The van der Waals surface area contributed by atoms with Crippen molar-refractivity contribution >= 4 is 17.6 Å². The number of imidazole rings is 1. The quantitative estimate of drug-likeness (QED) is 0.606. The number of aryl methyl sites for hydroxylation is 1. The first-order valence-corrected chi connectivity index (χ1v) is 11.3. The first-order chi connectivity index (χ1) is 16.1. The molecule has 1 fully saturated rings. The Kier molecular flexibility index (Phi) is 4.47. The molecule has 0 amide bonds. The van der Waals surface area contributed by atoms with Gasteiger partial charge < -0.3 is 23.9 Å². The van der Waals surface area contributed by atoms with Gasteiger partial charge in [-0.05, 0) is 55.2 Å². The number of hydrogen-bond acceptors (Lipinski definition) is 6. The fraction of sp³-hybridized carbons (Fsp3) is 0.308. The van der Waals surface area contributed by atoms with Crippen molar-refractivity contribution in [2.24, 2.45) is 5.16 Å². The Morgan fingerprint density at radius 1 is 1.15 bits per heavy atom. The second-order valence-corrected chi connectivity index (χ2v) is 8.94. The van der Waals surface area contributed by atoms with Crippen LogP contribution in [0.25, 0.3) is 11.8 Å². The number of amidine groups is 1. The van der Waals surface area contributed by atoms with Gasteiger partial charge in [-0.3, -0.25) is 0 Å². The molecule has 7 nitrogen and oxygen atoms in total. The predicted molar refractivity (Wildman–Crippen MR) is 129 cm³/mol. The summed E-state index contributed by atoms with van der Waals surface area (Å²) in [6, 6.07) is 14.7. The van der Waals surface area contributed by atoms with Crippen molar-refractivity contribution in [1.82, 2.24) is 14.5 Å². The molecule has 3 aliphatic heterocycles. The number of anilines is 1. The molecule has 1 atom stereocenters. The lowest BCUT2D eigenvalue weighted by Crippen LogP contribution is -2.51. The van der Waals surface area contributed by atoms with Gasteiger partial charge in [-0.1, -0.05) is 29.4 Å². The van der Waals surface area contributed by atoms with E-state index in [1.165, 1.54) is 16.8 Å². The number of oxime groups is 1. The van der Waals surface area contributed by atoms with E-state index in [1.807, 2.05) is 24.0 Å². The summed E-state index contributed by atoms with van der Waals surface area (Å²) in [6.07, 6.45) is 8.05. The van der Waals surface area contributed by atoms with Gasteiger partial charge in [0.1, 0.15) is 5.75 Å². The Hall–Kier alpha value is -3.74. The average Bonchev–Trinajstić information content (AvgIpc) is 3.51. The van der Waals surface area contributed by atoms with Crippen LogP contribution in [0.4, 0.5) is 5.69 Å². The molecule has 1 saturated heterocycles. The Balaban J connectivity index is 1.34. The van der Waals surface area contributed by atoms with Gasteiger partial charge in [0.25, 0.3) is 5.72 Å². The Morgan fingerprint density at radius 2 is 2.03 bits per heavy atom. The van der Waals surface area contributed by atoms with Crippen molar-refractivity contribution in [3.63, 3.8) is 0 Å². The van der Waals surface area contributed by atoms with Gasteiger partial charge in [-0.2, -0.15) is 0 Å². The SMILES string of the molecule is COc1cc(C=C2CCCN3C2=NOC32CN(C)c3ccccc32)ccc1-n1cnc(C)c1. The monoisotopic (exact) mass is 441 g/mol. The van der Waals surface area contributed by atoms with E-state index in [2.05, 4.69) is 75.5 Å². The Morgan fingerprint density at radius 3 is 2.85 bits per heavy atom. The number of piperidine rings is 1. The van der Waals surface area contributed by atoms with Crippen molar-refractivity contribution < 1.29 is 9.57 Å². The fourth-order valence-electron chi connectivity index (χ4n) is 5.27. The Bertz CT molecular complexity index is 1290. The zero-order valence-corrected chi connectivity index (χ0v) is 19.2. The van der Waals surface area contributed by atoms with E-state index >= 15 is 0 Å². The third kappa shape index (κ3) is 3.03. The van der Waals surface area contributed by atoms with Crippen LogP contribution in [0, 0.1) is 6.92 Å². The largest absolute Gasteiger partial charge is 0.495 e. The second kappa shape index (κ2) is 7.40. The van der Waals surface area contributed by atoms with Gasteiger partial charge in [-0.15, -0.1) is 0 Å². The molecule has 1 spiro atoms. The van der Waals surface area contributed by atoms with Crippen LogP contribution in [-0.4, -0.2) is 47.5 Å². The second-order valence-electron chi connectivity index (χ2n) is 8.94. The number of likely N-dealkylation sites (N-methyl/N-ethyl adjacent to an activating group) is 1. The minimum Gasteiger partial charge on any atom is -0.495 e. The number of ether oxygens (including phenoxy) is 1. The summed E-state index contributed by atoms with van der Waals surface area (Å²) in [5.41, 5.74) is 6.07. The maximum Gasteiger partial charge on any atom is 0.256 e. The molecule has 1 unspecified atom stereocenters. The van der Waals surface area contributed by atoms with Crippen molar-refractivity contribution in [1.29, 1.82) is 0 Å². The lowest BCUT2D eigenvalue weighted by atomic mass is 9.95. The highest BCUT2D eigenvalue weighted by Crippen LogP contribution is 2.48. The molecular weight excluding hydrogens is 414 g/mol. The molecule has 4 heterocycles. The number of rotatable bonds is 3. The van der Waals surface area contributed by atoms with Crippen molar-refractivity contribution in [2.75, 3.05) is 32.1 Å². The molecule has 2 aromatic carbocycles. The third-order valence-corrected chi connectivity index (χ3v) is 6.81. The molecule has 1 aromatic heterocycles. The predicted octanol–water partition coefficient (Wildman–Crippen LogP) is 4.32. The molecule has 7 heteroatoms. The van der Waals surface area contributed by atoms with Gasteiger partial charge in [0.15, 0.2) is 5.84 Å². The van der Waals surface area contributed by atoms with Crippen LogP contribution < -0.4 is 9.64 Å². The van der Waals surface area contributed by atoms with Crippen LogP contribution in [0.5, 0.6) is 5.75 Å². The minimum absolute atomic E-state index is 0.541. The highest BCUT2D eigenvalue weighted by atomic mass is 16.7. The first-order valence-electron chi connectivity index (χ1n) is 11.3. The third-order valence-electron chi connectivity index (χ3n) is 6.81. The molecule has 3 aliphatic rings. The summed E-state index contributed by atoms with van der Waals surface area (Å²) in [6.45, 7) is 3.67. The molecule has 0 saturated carbocycles. The number of para-hydroxylation sites is 1. The molecule has 3 aromatic rings. The maximum absolute atomic E-state index is 6.23. The molecule has 0 bridgehead atoms. The number of aromatic nitrogens is 2. The van der Waals surface area contributed by atoms with Crippen LogP contribution in [0.3, 0.4) is 0 Å². The maximum atomic E-state index is 6.23. The Labute approximate surface area is 193 Å². The fourth-order valence-corrected chi connectivity index (χ4v) is 5.27. The summed E-state index contributed by atoms with van der Waals surface area (Å²) < 4.78 is 7.69. The van der Waals surface area contributed by atoms with Crippen molar-refractivity contribution in [3.8, 4) is 11.4 Å². The van der Waals surface area contributed by atoms with E-state index in [4.69, 9.17) is 9.57 Å². The summed E-state index contributed by atoms with van der Waals surface area (Å²) in [5, 5.41) is 4.62. The zero-order valence-electron chi connectivity index (χ0n) is 19.2. The molecule has 168 valence electrons. The van der Waals surface area contributed by atoms with E-state index in [1.54, 1.807) is 7.11 Å². The lowest BCUT2D eigenvalue weighted by Gasteiger charge is -2.37. The smallest absolute Gasteiger partial charge is 0.256 e. The van der Waals surface area contributed by atoms with Crippen molar-refractivity contribution in [3.05, 3.63) is 77.4 Å². The van der Waals surface area contributed by atoms with E-state index < -0.39 is 5.72 Å². The van der Waals surface area contributed by atoms with Gasteiger partial charge in [-0.25, -0.2) is 4.98 Å². The van der Waals surface area contributed by atoms with E-state index in [0.717, 1.165) is 54.5 Å². The molecule has 0 radical (unpaired) electrons. The highest BCUT2D eigenvalue weighted by Gasteiger charge is 2.54. The molecular formula is C26H27N5O2. The van der Waals surface area contributed by atoms with Crippen LogP contribution in [-0.2, 0) is 10.6 Å². The number of hydrogen-bond donors (Lipinski definition) is 0. The van der Waals surface area contributed by atoms with Gasteiger partial charge >= 0.3 is 0 Å². The minimum atomic E-state index is -0.541. The molecule has 6 rings (SSSR count). The van der Waals surface area contributed by atoms with Crippen LogP contribution in [0.1, 0.15) is 29.7 Å². The van der Waals surface area contributed by atoms with Crippen LogP contribution in [0.15, 0.2) is 65.7 Å². The molecule has 0 N–H and O–H groups in total. The summed E-state index contributed by atoms with van der Waals surface area (Å²) in [7, 11) is 3.82. The summed E-state index contributed by atoms with van der Waals surface area (Å²) in [4.78, 5) is 15.2. The lowest BCUT2D eigenvalue weighted by molar-refractivity contribution is -0.0926. The number of methoxy groups -OCH3 is 1. The molecule has 33 heavy (non-hydrogen) atoms. The summed E-state index contributed by atoms with van der Waals surface area (Å²) >= 11 is 0. The number of fused-ring (bicyclic) bond motifs is 4. The topological polar surface area (TPSA) is 55.1 Å². The van der Waals surface area contributed by atoms with Gasteiger partial charge in [0.2, 0.25) is 0 Å².